The number of benzene rings is 1. The van der Waals surface area contributed by atoms with Gasteiger partial charge in [-0.1, -0.05) is 6.07 Å². The smallest absolute Gasteiger partial charge is 0.254 e. The third-order valence-corrected chi connectivity index (χ3v) is 4.22. The SMILES string of the molecule is CN(C)CC(O)c1cc2n(n1)CCN(C(=O)c1cccc(C#N)c1)C2. The average Bonchev–Trinajstić information content (AvgIpc) is 3.04. The first-order valence-corrected chi connectivity index (χ1v) is 8.17. The van der Waals surface area contributed by atoms with Crippen molar-refractivity contribution >= 4 is 5.91 Å². The molecule has 1 aliphatic heterocycles. The fourth-order valence-corrected chi connectivity index (χ4v) is 2.97. The highest BCUT2D eigenvalue weighted by atomic mass is 16.3. The van der Waals surface area contributed by atoms with Crippen LogP contribution in [0.5, 0.6) is 0 Å². The van der Waals surface area contributed by atoms with E-state index in [1.807, 2.05) is 29.7 Å². The van der Waals surface area contributed by atoms with Gasteiger partial charge in [-0.25, -0.2) is 0 Å². The first kappa shape index (κ1) is 17.1. The monoisotopic (exact) mass is 339 g/mol. The van der Waals surface area contributed by atoms with E-state index in [9.17, 15) is 9.90 Å². The standard InChI is InChI=1S/C18H21N5O2/c1-21(2)12-17(24)16-9-15-11-22(6-7-23(15)20-16)18(25)14-5-3-4-13(8-14)10-19/h3-5,8-9,17,24H,6-7,11-12H2,1-2H3. The van der Waals surface area contributed by atoms with Crippen molar-refractivity contribution in [3.63, 3.8) is 0 Å². The molecule has 130 valence electrons. The molecule has 0 fully saturated rings. The van der Waals surface area contributed by atoms with E-state index < -0.39 is 6.10 Å². The molecule has 1 aromatic heterocycles. The van der Waals surface area contributed by atoms with Crippen molar-refractivity contribution in [1.82, 2.24) is 19.6 Å². The molecule has 7 heteroatoms. The van der Waals surface area contributed by atoms with Crippen LogP contribution < -0.4 is 0 Å². The van der Waals surface area contributed by atoms with Gasteiger partial charge >= 0.3 is 0 Å². The predicted octanol–water partition coefficient (Wildman–Crippen LogP) is 1.01. The third-order valence-electron chi connectivity index (χ3n) is 4.22. The molecule has 2 aromatic rings. The minimum atomic E-state index is -0.649. The van der Waals surface area contributed by atoms with Gasteiger partial charge < -0.3 is 14.9 Å². The zero-order valence-corrected chi connectivity index (χ0v) is 14.4. The molecule has 1 atom stereocenters. The second kappa shape index (κ2) is 7.05. The molecule has 1 unspecified atom stereocenters. The van der Waals surface area contributed by atoms with Gasteiger partial charge in [0.05, 0.1) is 36.1 Å². The highest BCUT2D eigenvalue weighted by Crippen LogP contribution is 2.20. The normalized spacial score (nSPS) is 14.9. The molecule has 0 saturated heterocycles. The van der Waals surface area contributed by atoms with Crippen molar-refractivity contribution in [2.75, 3.05) is 27.2 Å². The molecule has 1 aliphatic rings. The van der Waals surface area contributed by atoms with Crippen LogP contribution in [0.3, 0.4) is 0 Å². The van der Waals surface area contributed by atoms with Gasteiger partial charge in [0.1, 0.15) is 6.10 Å². The van der Waals surface area contributed by atoms with Crippen LogP contribution in [-0.4, -0.2) is 57.8 Å². The number of rotatable bonds is 4. The third kappa shape index (κ3) is 3.71. The summed E-state index contributed by atoms with van der Waals surface area (Å²) in [4.78, 5) is 16.3. The van der Waals surface area contributed by atoms with E-state index in [0.29, 0.717) is 43.0 Å². The summed E-state index contributed by atoms with van der Waals surface area (Å²) >= 11 is 0. The van der Waals surface area contributed by atoms with Gasteiger partial charge in [0, 0.05) is 18.7 Å². The van der Waals surface area contributed by atoms with E-state index in [-0.39, 0.29) is 5.91 Å². The summed E-state index contributed by atoms with van der Waals surface area (Å²) in [7, 11) is 3.80. The zero-order chi connectivity index (χ0) is 18.0. The van der Waals surface area contributed by atoms with Crippen LogP contribution in [0.25, 0.3) is 0 Å². The molecule has 3 rings (SSSR count). The van der Waals surface area contributed by atoms with Gasteiger partial charge in [-0.3, -0.25) is 9.48 Å². The summed E-state index contributed by atoms with van der Waals surface area (Å²) in [5.41, 5.74) is 2.52. The lowest BCUT2D eigenvalue weighted by Gasteiger charge is -2.27. The molecule has 0 spiro atoms. The molecule has 1 N–H and O–H groups in total. The van der Waals surface area contributed by atoms with Crippen LogP contribution in [0, 0.1) is 11.3 Å². The van der Waals surface area contributed by atoms with Crippen LogP contribution in [0.15, 0.2) is 30.3 Å². The Balaban J connectivity index is 1.75. The Labute approximate surface area is 146 Å². The van der Waals surface area contributed by atoms with E-state index in [0.717, 1.165) is 5.69 Å². The van der Waals surface area contributed by atoms with Gasteiger partial charge in [0.25, 0.3) is 5.91 Å². The van der Waals surface area contributed by atoms with Gasteiger partial charge in [-0.05, 0) is 38.4 Å². The highest BCUT2D eigenvalue weighted by Gasteiger charge is 2.25. The summed E-state index contributed by atoms with van der Waals surface area (Å²) in [5, 5.41) is 23.7. The van der Waals surface area contributed by atoms with E-state index in [4.69, 9.17) is 5.26 Å². The summed E-state index contributed by atoms with van der Waals surface area (Å²) < 4.78 is 1.85. The number of hydrogen-bond donors (Lipinski definition) is 1. The number of aliphatic hydroxyl groups excluding tert-OH is 1. The maximum atomic E-state index is 12.7. The number of nitriles is 1. The van der Waals surface area contributed by atoms with Crippen LogP contribution in [0.2, 0.25) is 0 Å². The van der Waals surface area contributed by atoms with Crippen LogP contribution >= 0.6 is 0 Å². The molecule has 1 amide bonds. The van der Waals surface area contributed by atoms with E-state index in [1.54, 1.807) is 29.2 Å². The number of hydrogen-bond acceptors (Lipinski definition) is 5. The molecule has 0 saturated carbocycles. The quantitative estimate of drug-likeness (QED) is 0.898. The van der Waals surface area contributed by atoms with Crippen LogP contribution in [0.4, 0.5) is 0 Å². The lowest BCUT2D eigenvalue weighted by Crippen LogP contribution is -2.38. The molecule has 7 nitrogen and oxygen atoms in total. The van der Waals surface area contributed by atoms with Gasteiger partial charge in [0.2, 0.25) is 0 Å². The maximum absolute atomic E-state index is 12.7. The number of amides is 1. The van der Waals surface area contributed by atoms with Crippen molar-refractivity contribution in [3.8, 4) is 6.07 Å². The minimum absolute atomic E-state index is 0.0973. The van der Waals surface area contributed by atoms with Crippen molar-refractivity contribution in [1.29, 1.82) is 5.26 Å². The molecule has 25 heavy (non-hydrogen) atoms. The Morgan fingerprint density at radius 2 is 2.20 bits per heavy atom. The van der Waals surface area contributed by atoms with Crippen molar-refractivity contribution < 1.29 is 9.90 Å². The number of aromatic nitrogens is 2. The molecular weight excluding hydrogens is 318 g/mol. The molecule has 0 bridgehead atoms. The summed E-state index contributed by atoms with van der Waals surface area (Å²) in [5.74, 6) is -0.0973. The van der Waals surface area contributed by atoms with Crippen molar-refractivity contribution in [2.45, 2.75) is 19.2 Å². The molecule has 0 radical (unpaired) electrons. The van der Waals surface area contributed by atoms with Gasteiger partial charge in [-0.2, -0.15) is 10.4 Å². The van der Waals surface area contributed by atoms with E-state index in [2.05, 4.69) is 11.2 Å². The number of fused-ring (bicyclic) bond motifs is 1. The second-order valence-corrected chi connectivity index (χ2v) is 6.48. The number of aliphatic hydroxyl groups is 1. The van der Waals surface area contributed by atoms with Crippen molar-refractivity contribution in [2.24, 2.45) is 0 Å². The number of carbonyl (C=O) groups is 1. The van der Waals surface area contributed by atoms with E-state index >= 15 is 0 Å². The molecular formula is C18H21N5O2. The lowest BCUT2D eigenvalue weighted by molar-refractivity contribution is 0.0705. The largest absolute Gasteiger partial charge is 0.385 e. The van der Waals surface area contributed by atoms with Crippen LogP contribution in [0.1, 0.15) is 33.4 Å². The Morgan fingerprint density at radius 3 is 2.92 bits per heavy atom. The first-order valence-electron chi connectivity index (χ1n) is 8.17. The maximum Gasteiger partial charge on any atom is 0.254 e. The second-order valence-electron chi connectivity index (χ2n) is 6.48. The molecule has 0 aliphatic carbocycles. The number of likely N-dealkylation sites (N-methyl/N-ethyl adjacent to an activating group) is 1. The lowest BCUT2D eigenvalue weighted by atomic mass is 10.1. The Hall–Kier alpha value is -2.69. The minimum Gasteiger partial charge on any atom is -0.385 e. The Morgan fingerprint density at radius 1 is 1.40 bits per heavy atom. The topological polar surface area (TPSA) is 85.4 Å². The Kier molecular flexibility index (Phi) is 4.83. The molecule has 1 aromatic carbocycles. The number of nitrogens with zero attached hydrogens (tertiary/aromatic N) is 5. The fraction of sp³-hybridized carbons (Fsp3) is 0.389. The Bertz CT molecular complexity index is 821. The van der Waals surface area contributed by atoms with Gasteiger partial charge in [-0.15, -0.1) is 0 Å². The van der Waals surface area contributed by atoms with E-state index in [1.165, 1.54) is 0 Å². The first-order chi connectivity index (χ1) is 12.0. The molecule has 2 heterocycles. The predicted molar refractivity (Wildman–Crippen MR) is 91.6 cm³/mol. The van der Waals surface area contributed by atoms with Gasteiger partial charge in [0.15, 0.2) is 0 Å². The summed E-state index contributed by atoms with van der Waals surface area (Å²) in [6.45, 7) is 2.08. The zero-order valence-electron chi connectivity index (χ0n) is 14.4. The average molecular weight is 339 g/mol. The summed E-state index contributed by atoms with van der Waals surface area (Å²) in [6.07, 6.45) is -0.649. The number of carbonyl (C=O) groups excluding carboxylic acids is 1. The van der Waals surface area contributed by atoms with Crippen molar-refractivity contribution in [3.05, 3.63) is 52.8 Å². The fourth-order valence-electron chi connectivity index (χ4n) is 2.97. The van der Waals surface area contributed by atoms with Crippen LogP contribution in [-0.2, 0) is 13.1 Å². The highest BCUT2D eigenvalue weighted by molar-refractivity contribution is 5.94. The summed E-state index contributed by atoms with van der Waals surface area (Å²) in [6, 6.07) is 10.7.